The molecule has 0 aliphatic rings. The highest BCUT2D eigenvalue weighted by atomic mass is 16.1. The lowest BCUT2D eigenvalue weighted by Gasteiger charge is -2.07. The molecule has 0 saturated carbocycles. The van der Waals surface area contributed by atoms with Crippen molar-refractivity contribution in [3.8, 4) is 11.3 Å². The predicted octanol–water partition coefficient (Wildman–Crippen LogP) is 3.81. The van der Waals surface area contributed by atoms with E-state index in [9.17, 15) is 4.79 Å². The zero-order chi connectivity index (χ0) is 13.4. The topological polar surface area (TPSA) is 32.9 Å². The average molecular weight is 249 g/mol. The zero-order valence-electron chi connectivity index (χ0n) is 11.0. The molecule has 0 radical (unpaired) electrons. The third-order valence-electron chi connectivity index (χ3n) is 3.27. The lowest BCUT2D eigenvalue weighted by Crippen LogP contribution is -2.02. The van der Waals surface area contributed by atoms with Gasteiger partial charge in [0.05, 0.1) is 0 Å². The Morgan fingerprint density at radius 2 is 1.58 bits per heavy atom. The molecule has 0 spiro atoms. The Balaban J connectivity index is 2.28. The predicted molar refractivity (Wildman–Crippen MR) is 79.5 cm³/mol. The number of hydrogen-bond acceptors (Lipinski definition) is 1. The number of para-hydroxylation sites is 1. The molecule has 2 nitrogen and oxygen atoms in total. The van der Waals surface area contributed by atoms with Crippen molar-refractivity contribution in [2.24, 2.45) is 0 Å². The summed E-state index contributed by atoms with van der Waals surface area (Å²) in [7, 11) is 0. The molecule has 0 saturated heterocycles. The van der Waals surface area contributed by atoms with Crippen LogP contribution in [0.1, 0.15) is 11.1 Å². The molecule has 2 heteroatoms. The smallest absolute Gasteiger partial charge is 0.190 e. The van der Waals surface area contributed by atoms with Gasteiger partial charge in [0.15, 0.2) is 5.43 Å². The van der Waals surface area contributed by atoms with Gasteiger partial charge >= 0.3 is 0 Å². The summed E-state index contributed by atoms with van der Waals surface area (Å²) in [5.74, 6) is 0. The molecule has 1 heterocycles. The van der Waals surface area contributed by atoms with Crippen LogP contribution in [0.25, 0.3) is 22.2 Å². The molecule has 3 rings (SSSR count). The van der Waals surface area contributed by atoms with Crippen molar-refractivity contribution in [1.82, 2.24) is 4.98 Å². The summed E-state index contributed by atoms with van der Waals surface area (Å²) in [4.78, 5) is 15.5. The summed E-state index contributed by atoms with van der Waals surface area (Å²) >= 11 is 0. The minimum absolute atomic E-state index is 0.0588. The molecule has 19 heavy (non-hydrogen) atoms. The van der Waals surface area contributed by atoms with Gasteiger partial charge in [-0.05, 0) is 43.7 Å². The monoisotopic (exact) mass is 249 g/mol. The minimum Gasteiger partial charge on any atom is -0.354 e. The summed E-state index contributed by atoms with van der Waals surface area (Å²) in [5, 5.41) is 0.732. The Morgan fingerprint density at radius 1 is 0.895 bits per heavy atom. The molecule has 0 fully saturated rings. The number of rotatable bonds is 1. The van der Waals surface area contributed by atoms with Crippen LogP contribution in [0.4, 0.5) is 0 Å². The van der Waals surface area contributed by atoms with Crippen molar-refractivity contribution in [2.45, 2.75) is 13.8 Å². The van der Waals surface area contributed by atoms with E-state index in [-0.39, 0.29) is 5.43 Å². The number of H-pyrrole nitrogens is 1. The lowest BCUT2D eigenvalue weighted by molar-refractivity contribution is 1.33. The Morgan fingerprint density at radius 3 is 2.32 bits per heavy atom. The van der Waals surface area contributed by atoms with Crippen molar-refractivity contribution in [3.63, 3.8) is 0 Å². The van der Waals surface area contributed by atoms with Crippen LogP contribution in [-0.4, -0.2) is 4.98 Å². The van der Waals surface area contributed by atoms with Gasteiger partial charge in [-0.1, -0.05) is 29.3 Å². The highest BCUT2D eigenvalue weighted by molar-refractivity contribution is 5.81. The third kappa shape index (κ3) is 2.17. The first-order valence-electron chi connectivity index (χ1n) is 6.34. The van der Waals surface area contributed by atoms with Gasteiger partial charge in [0.1, 0.15) is 0 Å². The highest BCUT2D eigenvalue weighted by Gasteiger charge is 2.04. The third-order valence-corrected chi connectivity index (χ3v) is 3.27. The fourth-order valence-electron chi connectivity index (χ4n) is 2.48. The number of pyridine rings is 1. The fraction of sp³-hybridized carbons (Fsp3) is 0.118. The second kappa shape index (κ2) is 4.39. The molecule has 1 aromatic heterocycles. The number of aryl methyl sites for hydroxylation is 2. The molecule has 0 aliphatic carbocycles. The zero-order valence-corrected chi connectivity index (χ0v) is 11.0. The summed E-state index contributed by atoms with van der Waals surface area (Å²) in [5.41, 5.74) is 5.26. The molecular weight excluding hydrogens is 234 g/mol. The average Bonchev–Trinajstić information content (AvgIpc) is 2.37. The molecule has 3 aromatic rings. The molecule has 0 aliphatic heterocycles. The maximum atomic E-state index is 12.1. The van der Waals surface area contributed by atoms with Crippen molar-refractivity contribution < 1.29 is 0 Å². The summed E-state index contributed by atoms with van der Waals surface area (Å²) in [6.45, 7) is 4.13. The normalized spacial score (nSPS) is 10.8. The van der Waals surface area contributed by atoms with Crippen molar-refractivity contribution in [2.75, 3.05) is 0 Å². The lowest BCUT2D eigenvalue weighted by atomic mass is 10.0. The number of nitrogens with one attached hydrogen (secondary N) is 1. The van der Waals surface area contributed by atoms with Crippen LogP contribution in [-0.2, 0) is 0 Å². The number of fused-ring (bicyclic) bond motifs is 1. The van der Waals surface area contributed by atoms with Gasteiger partial charge in [-0.15, -0.1) is 0 Å². The van der Waals surface area contributed by atoms with E-state index in [1.54, 1.807) is 6.07 Å². The van der Waals surface area contributed by atoms with Crippen LogP contribution >= 0.6 is 0 Å². The van der Waals surface area contributed by atoms with E-state index >= 15 is 0 Å². The summed E-state index contributed by atoms with van der Waals surface area (Å²) in [6, 6.07) is 15.6. The number of hydrogen-bond donors (Lipinski definition) is 1. The van der Waals surface area contributed by atoms with Crippen LogP contribution in [0, 0.1) is 13.8 Å². The largest absolute Gasteiger partial charge is 0.354 e. The fourth-order valence-corrected chi connectivity index (χ4v) is 2.48. The SMILES string of the molecule is Cc1cc(C)cc(-c2cc(=O)c3ccccc3[nH]2)c1. The maximum Gasteiger partial charge on any atom is 0.190 e. The number of aromatic amines is 1. The standard InChI is InChI=1S/C17H15NO/c1-11-7-12(2)9-13(8-11)16-10-17(19)14-5-3-4-6-15(14)18-16/h3-10H,1-2H3,(H,18,19). The highest BCUT2D eigenvalue weighted by Crippen LogP contribution is 2.21. The Labute approximate surface area is 111 Å². The van der Waals surface area contributed by atoms with Gasteiger partial charge in [-0.25, -0.2) is 0 Å². The molecule has 0 bridgehead atoms. The van der Waals surface area contributed by atoms with Gasteiger partial charge in [0.25, 0.3) is 0 Å². The molecule has 0 atom stereocenters. The maximum absolute atomic E-state index is 12.1. The van der Waals surface area contributed by atoms with Crippen molar-refractivity contribution in [3.05, 3.63) is 69.9 Å². The van der Waals surface area contributed by atoms with E-state index in [0.29, 0.717) is 0 Å². The van der Waals surface area contributed by atoms with E-state index < -0.39 is 0 Å². The van der Waals surface area contributed by atoms with Crippen molar-refractivity contribution in [1.29, 1.82) is 0 Å². The molecule has 2 aromatic carbocycles. The van der Waals surface area contributed by atoms with Crippen molar-refractivity contribution >= 4 is 10.9 Å². The summed E-state index contributed by atoms with van der Waals surface area (Å²) < 4.78 is 0. The Hall–Kier alpha value is -2.35. The summed E-state index contributed by atoms with van der Waals surface area (Å²) in [6.07, 6.45) is 0. The van der Waals surface area contributed by atoms with Gasteiger partial charge < -0.3 is 4.98 Å². The molecule has 1 N–H and O–H groups in total. The van der Waals surface area contributed by atoms with Crippen LogP contribution in [0.5, 0.6) is 0 Å². The van der Waals surface area contributed by atoms with Gasteiger partial charge in [0, 0.05) is 22.7 Å². The molecule has 0 amide bonds. The quantitative estimate of drug-likeness (QED) is 0.699. The first-order valence-corrected chi connectivity index (χ1v) is 6.34. The first-order chi connectivity index (χ1) is 9.13. The number of aromatic nitrogens is 1. The van der Waals surface area contributed by atoms with E-state index in [0.717, 1.165) is 22.2 Å². The first kappa shape index (κ1) is 11.7. The van der Waals surface area contributed by atoms with Crippen LogP contribution < -0.4 is 5.43 Å². The molecule has 0 unspecified atom stereocenters. The van der Waals surface area contributed by atoms with Crippen LogP contribution in [0.3, 0.4) is 0 Å². The van der Waals surface area contributed by atoms with Gasteiger partial charge in [-0.2, -0.15) is 0 Å². The van der Waals surface area contributed by atoms with Crippen LogP contribution in [0.2, 0.25) is 0 Å². The van der Waals surface area contributed by atoms with E-state index in [1.165, 1.54) is 11.1 Å². The van der Waals surface area contributed by atoms with E-state index in [4.69, 9.17) is 0 Å². The van der Waals surface area contributed by atoms with E-state index in [1.807, 2.05) is 24.3 Å². The second-order valence-corrected chi connectivity index (χ2v) is 4.97. The van der Waals surface area contributed by atoms with Gasteiger partial charge in [0.2, 0.25) is 0 Å². The second-order valence-electron chi connectivity index (χ2n) is 4.97. The molecular formula is C17H15NO. The minimum atomic E-state index is 0.0588. The number of benzene rings is 2. The van der Waals surface area contributed by atoms with Gasteiger partial charge in [-0.3, -0.25) is 4.79 Å². The Kier molecular flexibility index (Phi) is 2.71. The van der Waals surface area contributed by atoms with Crippen LogP contribution in [0.15, 0.2) is 53.3 Å². The molecule has 94 valence electrons. The van der Waals surface area contributed by atoms with E-state index in [2.05, 4.69) is 37.0 Å². The Bertz CT molecular complexity index is 795.